The Morgan fingerprint density at radius 1 is 0.935 bits per heavy atom. The molecule has 6 nitrogen and oxygen atoms in total. The Bertz CT molecular complexity index is 803. The van der Waals surface area contributed by atoms with Crippen molar-refractivity contribution in [2.24, 2.45) is 0 Å². The quantitative estimate of drug-likeness (QED) is 0.690. The van der Waals surface area contributed by atoms with Crippen LogP contribution in [0.25, 0.3) is 0 Å². The van der Waals surface area contributed by atoms with E-state index in [4.69, 9.17) is 14.0 Å². The van der Waals surface area contributed by atoms with E-state index in [9.17, 15) is 4.79 Å². The molecular weight excluding hydrogens is 391 g/mol. The number of piperazine rings is 1. The summed E-state index contributed by atoms with van der Waals surface area (Å²) in [6.45, 7) is 17.2. The summed E-state index contributed by atoms with van der Waals surface area (Å²) in [5, 5.41) is 0. The van der Waals surface area contributed by atoms with E-state index in [-0.39, 0.29) is 30.0 Å². The second-order valence-electron chi connectivity index (χ2n) is 11.2. The normalized spacial score (nSPS) is 24.9. The van der Waals surface area contributed by atoms with Crippen LogP contribution in [0, 0.1) is 0 Å². The van der Waals surface area contributed by atoms with E-state index in [0.717, 1.165) is 31.4 Å². The summed E-state index contributed by atoms with van der Waals surface area (Å²) in [5.74, 6) is 0. The zero-order valence-electron chi connectivity index (χ0n) is 20.2. The van der Waals surface area contributed by atoms with Crippen LogP contribution >= 0.6 is 0 Å². The van der Waals surface area contributed by atoms with Gasteiger partial charge in [0.15, 0.2) is 0 Å². The molecule has 2 saturated heterocycles. The first-order valence-electron chi connectivity index (χ1n) is 11.5. The van der Waals surface area contributed by atoms with Crippen molar-refractivity contribution < 1.29 is 18.8 Å². The first-order valence-corrected chi connectivity index (χ1v) is 11.5. The van der Waals surface area contributed by atoms with Gasteiger partial charge in [0.25, 0.3) is 0 Å². The lowest BCUT2D eigenvalue weighted by molar-refractivity contribution is 0.00578. The number of carbonyl (C=O) groups excluding carboxylic acids is 1. The minimum atomic E-state index is -0.454. The van der Waals surface area contributed by atoms with E-state index in [1.807, 2.05) is 25.7 Å². The molecule has 0 aromatic heterocycles. The van der Waals surface area contributed by atoms with E-state index < -0.39 is 5.60 Å². The molecule has 0 N–H and O–H groups in total. The number of carbonyl (C=O) groups is 1. The summed E-state index contributed by atoms with van der Waals surface area (Å²) in [4.78, 5) is 16.7. The topological polar surface area (TPSA) is 51.2 Å². The standard InChI is InChI=1S/C24H37BN2O4/c1-21(2,3)29-20(28)26-14-16-27(17-15-26)24(12-13-24)18-8-10-19(11-9-18)25-30-22(4,5)23(6,7)31-25/h8-11H,12-17H2,1-7H3. The Kier molecular flexibility index (Phi) is 5.47. The van der Waals surface area contributed by atoms with Gasteiger partial charge in [-0.2, -0.15) is 0 Å². The molecule has 0 radical (unpaired) electrons. The van der Waals surface area contributed by atoms with Crippen LogP contribution in [-0.4, -0.2) is 66.0 Å². The highest BCUT2D eigenvalue weighted by molar-refractivity contribution is 6.62. The number of hydrogen-bond acceptors (Lipinski definition) is 5. The summed E-state index contributed by atoms with van der Waals surface area (Å²) < 4.78 is 17.9. The lowest BCUT2D eigenvalue weighted by atomic mass is 9.78. The predicted molar refractivity (Wildman–Crippen MR) is 122 cm³/mol. The van der Waals surface area contributed by atoms with Gasteiger partial charge in [0.05, 0.1) is 11.2 Å². The summed E-state index contributed by atoms with van der Waals surface area (Å²) >= 11 is 0. The van der Waals surface area contributed by atoms with Gasteiger partial charge in [-0.05, 0) is 72.3 Å². The monoisotopic (exact) mass is 428 g/mol. The Hall–Kier alpha value is -1.57. The van der Waals surface area contributed by atoms with Crippen LogP contribution in [0.15, 0.2) is 24.3 Å². The van der Waals surface area contributed by atoms with E-state index in [1.165, 1.54) is 5.56 Å². The number of benzene rings is 1. The molecule has 2 heterocycles. The van der Waals surface area contributed by atoms with Crippen molar-refractivity contribution in [1.29, 1.82) is 0 Å². The molecule has 1 aromatic carbocycles. The molecule has 3 fully saturated rings. The summed E-state index contributed by atoms with van der Waals surface area (Å²) in [5.41, 5.74) is 1.40. The van der Waals surface area contributed by atoms with E-state index in [0.29, 0.717) is 13.1 Å². The van der Waals surface area contributed by atoms with Gasteiger partial charge in [-0.25, -0.2) is 4.79 Å². The number of hydrogen-bond donors (Lipinski definition) is 0. The second-order valence-corrected chi connectivity index (χ2v) is 11.2. The lowest BCUT2D eigenvalue weighted by Gasteiger charge is -2.40. The van der Waals surface area contributed by atoms with Crippen molar-refractivity contribution in [3.8, 4) is 0 Å². The van der Waals surface area contributed by atoms with Gasteiger partial charge >= 0.3 is 13.2 Å². The van der Waals surface area contributed by atoms with Crippen LogP contribution < -0.4 is 5.46 Å². The number of rotatable bonds is 3. The summed E-state index contributed by atoms with van der Waals surface area (Å²) in [6, 6.07) is 8.75. The minimum Gasteiger partial charge on any atom is -0.444 e. The molecule has 0 atom stereocenters. The van der Waals surface area contributed by atoms with E-state index in [2.05, 4.69) is 56.9 Å². The second kappa shape index (κ2) is 7.50. The fourth-order valence-electron chi connectivity index (χ4n) is 4.48. The molecule has 1 aromatic rings. The molecule has 1 aliphatic carbocycles. The van der Waals surface area contributed by atoms with Gasteiger partial charge in [0, 0.05) is 31.7 Å². The maximum absolute atomic E-state index is 12.4. The fourth-order valence-corrected chi connectivity index (χ4v) is 4.48. The Morgan fingerprint density at radius 3 is 1.90 bits per heavy atom. The third-order valence-corrected chi connectivity index (χ3v) is 7.23. The maximum atomic E-state index is 12.4. The first kappa shape index (κ1) is 22.6. The molecular formula is C24H37BN2O4. The Balaban J connectivity index is 1.39. The van der Waals surface area contributed by atoms with Crippen LogP contribution in [0.3, 0.4) is 0 Å². The molecule has 170 valence electrons. The molecule has 2 aliphatic heterocycles. The van der Waals surface area contributed by atoms with Crippen molar-refractivity contribution in [2.45, 2.75) is 83.6 Å². The summed E-state index contributed by atoms with van der Waals surface area (Å²) in [7, 11) is -0.327. The number of nitrogens with zero attached hydrogens (tertiary/aromatic N) is 2. The third kappa shape index (κ3) is 4.37. The largest absolute Gasteiger partial charge is 0.494 e. The van der Waals surface area contributed by atoms with Crippen LogP contribution in [0.4, 0.5) is 4.79 Å². The summed E-state index contributed by atoms with van der Waals surface area (Å²) in [6.07, 6.45) is 2.12. The molecule has 0 spiro atoms. The highest BCUT2D eigenvalue weighted by Crippen LogP contribution is 2.51. The zero-order valence-corrected chi connectivity index (χ0v) is 20.2. The minimum absolute atomic E-state index is 0.106. The molecule has 1 saturated carbocycles. The van der Waals surface area contributed by atoms with E-state index >= 15 is 0 Å². The molecule has 1 amide bonds. The molecule has 31 heavy (non-hydrogen) atoms. The van der Waals surface area contributed by atoms with Crippen molar-refractivity contribution in [1.82, 2.24) is 9.80 Å². The first-order chi connectivity index (χ1) is 14.3. The van der Waals surface area contributed by atoms with Gasteiger partial charge in [0.2, 0.25) is 0 Å². The van der Waals surface area contributed by atoms with Gasteiger partial charge in [0.1, 0.15) is 5.60 Å². The Morgan fingerprint density at radius 2 is 1.45 bits per heavy atom. The molecule has 0 unspecified atom stereocenters. The average Bonchev–Trinajstić information content (AvgIpc) is 3.44. The van der Waals surface area contributed by atoms with Gasteiger partial charge in [-0.15, -0.1) is 0 Å². The smallest absolute Gasteiger partial charge is 0.444 e. The molecule has 7 heteroatoms. The maximum Gasteiger partial charge on any atom is 0.494 e. The Labute approximate surface area is 187 Å². The number of amides is 1. The lowest BCUT2D eigenvalue weighted by Crippen LogP contribution is -2.53. The van der Waals surface area contributed by atoms with Crippen molar-refractivity contribution in [3.05, 3.63) is 29.8 Å². The van der Waals surface area contributed by atoms with Gasteiger partial charge < -0.3 is 18.9 Å². The third-order valence-electron chi connectivity index (χ3n) is 7.23. The number of ether oxygens (including phenoxy) is 1. The van der Waals surface area contributed by atoms with Crippen LogP contribution in [0.1, 0.15) is 66.9 Å². The van der Waals surface area contributed by atoms with Gasteiger partial charge in [-0.3, -0.25) is 4.90 Å². The van der Waals surface area contributed by atoms with Gasteiger partial charge in [-0.1, -0.05) is 24.3 Å². The van der Waals surface area contributed by atoms with Crippen molar-refractivity contribution in [2.75, 3.05) is 26.2 Å². The van der Waals surface area contributed by atoms with Crippen molar-refractivity contribution in [3.63, 3.8) is 0 Å². The fraction of sp³-hybridized carbons (Fsp3) is 0.708. The van der Waals surface area contributed by atoms with E-state index in [1.54, 1.807) is 0 Å². The molecule has 4 rings (SSSR count). The molecule has 0 bridgehead atoms. The highest BCUT2D eigenvalue weighted by atomic mass is 16.7. The van der Waals surface area contributed by atoms with Crippen LogP contribution in [-0.2, 0) is 19.6 Å². The predicted octanol–water partition coefficient (Wildman–Crippen LogP) is 3.53. The molecule has 3 aliphatic rings. The van der Waals surface area contributed by atoms with Crippen molar-refractivity contribution >= 4 is 18.7 Å². The SMILES string of the molecule is CC(C)(C)OC(=O)N1CCN(C2(c3ccc(B4OC(C)(C)C(C)(C)O4)cc3)CC2)CC1. The highest BCUT2D eigenvalue weighted by Gasteiger charge is 2.53. The zero-order chi connectivity index (χ0) is 22.7. The van der Waals surface area contributed by atoms with Crippen LogP contribution in [0.5, 0.6) is 0 Å². The average molecular weight is 428 g/mol. The van der Waals surface area contributed by atoms with Crippen LogP contribution in [0.2, 0.25) is 0 Å².